The van der Waals surface area contributed by atoms with Crippen LogP contribution in [0.5, 0.6) is 0 Å². The lowest BCUT2D eigenvalue weighted by Crippen LogP contribution is -2.39. The number of amides is 1. The third kappa shape index (κ3) is 2.88. The zero-order valence-electron chi connectivity index (χ0n) is 10.6. The van der Waals surface area contributed by atoms with Crippen molar-refractivity contribution in [1.29, 1.82) is 0 Å². The number of rotatable bonds is 3. The Labute approximate surface area is 129 Å². The summed E-state index contributed by atoms with van der Waals surface area (Å²) in [5, 5.41) is 3.12. The van der Waals surface area contributed by atoms with Crippen molar-refractivity contribution in [2.75, 3.05) is 18.4 Å². The molecule has 3 rings (SSSR count). The van der Waals surface area contributed by atoms with Crippen molar-refractivity contribution in [3.05, 3.63) is 22.4 Å². The molecule has 1 amide bonds. The van der Waals surface area contributed by atoms with Crippen LogP contribution in [0.2, 0.25) is 0 Å². The van der Waals surface area contributed by atoms with E-state index in [-0.39, 0.29) is 5.91 Å². The number of thiophene rings is 2. The van der Waals surface area contributed by atoms with Gasteiger partial charge >= 0.3 is 0 Å². The molecule has 1 saturated heterocycles. The molecule has 19 heavy (non-hydrogen) atoms. The van der Waals surface area contributed by atoms with E-state index in [4.69, 9.17) is 0 Å². The van der Waals surface area contributed by atoms with E-state index in [0.29, 0.717) is 5.92 Å². The number of halogens is 1. The standard InChI is InChI=1S/C14H16BrNOS2/c15-5-3-10-2-1-6-16(9-10)14(17)13-8-12-11(19-13)4-7-18-12/h4,7-8,10H,1-3,5-6,9H2. The predicted molar refractivity (Wildman–Crippen MR) is 86.7 cm³/mol. The van der Waals surface area contributed by atoms with Gasteiger partial charge in [0, 0.05) is 27.8 Å². The third-order valence-electron chi connectivity index (χ3n) is 3.67. The van der Waals surface area contributed by atoms with Gasteiger partial charge in [0.15, 0.2) is 0 Å². The molecule has 0 spiro atoms. The summed E-state index contributed by atoms with van der Waals surface area (Å²) in [6, 6.07) is 4.16. The second-order valence-electron chi connectivity index (χ2n) is 5.00. The quantitative estimate of drug-likeness (QED) is 0.735. The Bertz CT molecular complexity index is 546. The molecule has 2 nitrogen and oxygen atoms in total. The van der Waals surface area contributed by atoms with Gasteiger partial charge in [0.25, 0.3) is 5.91 Å². The minimum Gasteiger partial charge on any atom is -0.338 e. The highest BCUT2D eigenvalue weighted by Gasteiger charge is 2.25. The van der Waals surface area contributed by atoms with Gasteiger partial charge in [-0.1, -0.05) is 15.9 Å². The number of carbonyl (C=O) groups excluding carboxylic acids is 1. The summed E-state index contributed by atoms with van der Waals surface area (Å²) in [7, 11) is 0. The lowest BCUT2D eigenvalue weighted by Gasteiger charge is -2.32. The first-order chi connectivity index (χ1) is 9.28. The molecule has 0 N–H and O–H groups in total. The van der Waals surface area contributed by atoms with Crippen molar-refractivity contribution in [2.24, 2.45) is 5.92 Å². The molecule has 5 heteroatoms. The highest BCUT2D eigenvalue weighted by Crippen LogP contribution is 2.31. The highest BCUT2D eigenvalue weighted by atomic mass is 79.9. The maximum Gasteiger partial charge on any atom is 0.264 e. The molecular weight excluding hydrogens is 342 g/mol. The number of nitrogens with zero attached hydrogens (tertiary/aromatic N) is 1. The lowest BCUT2D eigenvalue weighted by molar-refractivity contribution is 0.0677. The average molecular weight is 358 g/mol. The number of hydrogen-bond acceptors (Lipinski definition) is 3. The van der Waals surface area contributed by atoms with Crippen LogP contribution in [0, 0.1) is 5.92 Å². The summed E-state index contributed by atoms with van der Waals surface area (Å²) in [4.78, 5) is 15.5. The van der Waals surface area contributed by atoms with E-state index in [1.165, 1.54) is 22.2 Å². The van der Waals surface area contributed by atoms with Gasteiger partial charge in [-0.3, -0.25) is 4.79 Å². The van der Waals surface area contributed by atoms with Crippen LogP contribution in [0.25, 0.3) is 9.40 Å². The predicted octanol–water partition coefficient (Wildman–Crippen LogP) is 4.60. The smallest absolute Gasteiger partial charge is 0.264 e. The minimum atomic E-state index is 0.229. The molecule has 102 valence electrons. The van der Waals surface area contributed by atoms with E-state index in [0.717, 1.165) is 29.7 Å². The van der Waals surface area contributed by atoms with Crippen LogP contribution in [0.1, 0.15) is 28.9 Å². The van der Waals surface area contributed by atoms with Crippen molar-refractivity contribution in [3.63, 3.8) is 0 Å². The van der Waals surface area contributed by atoms with Crippen molar-refractivity contribution < 1.29 is 4.79 Å². The van der Waals surface area contributed by atoms with Gasteiger partial charge in [0.1, 0.15) is 0 Å². The SMILES string of the molecule is O=C(c1cc2sccc2s1)N1CCCC(CCBr)C1. The molecule has 0 aromatic carbocycles. The van der Waals surface area contributed by atoms with Crippen molar-refractivity contribution in [3.8, 4) is 0 Å². The van der Waals surface area contributed by atoms with Gasteiger partial charge in [-0.15, -0.1) is 22.7 Å². The summed E-state index contributed by atoms with van der Waals surface area (Å²) in [6.07, 6.45) is 3.57. The second kappa shape index (κ2) is 5.94. The van der Waals surface area contributed by atoms with E-state index >= 15 is 0 Å². The van der Waals surface area contributed by atoms with E-state index in [1.807, 2.05) is 4.90 Å². The normalized spacial score (nSPS) is 20.1. The van der Waals surface area contributed by atoms with E-state index in [1.54, 1.807) is 22.7 Å². The van der Waals surface area contributed by atoms with Gasteiger partial charge in [-0.2, -0.15) is 0 Å². The van der Waals surface area contributed by atoms with Crippen LogP contribution in [-0.4, -0.2) is 29.2 Å². The maximum atomic E-state index is 12.5. The molecular formula is C14H16BrNOS2. The summed E-state index contributed by atoms with van der Waals surface area (Å²) in [5.74, 6) is 0.894. The Hall–Kier alpha value is -0.390. The van der Waals surface area contributed by atoms with Crippen LogP contribution in [-0.2, 0) is 0 Å². The summed E-state index contributed by atoms with van der Waals surface area (Å²) < 4.78 is 2.48. The Kier molecular flexibility index (Phi) is 4.24. The first kappa shape index (κ1) is 13.6. The lowest BCUT2D eigenvalue weighted by atomic mass is 9.95. The number of hydrogen-bond donors (Lipinski definition) is 0. The van der Waals surface area contributed by atoms with Crippen molar-refractivity contribution in [1.82, 2.24) is 4.90 Å². The molecule has 3 heterocycles. The van der Waals surface area contributed by atoms with Gasteiger partial charge in [0.2, 0.25) is 0 Å². The van der Waals surface area contributed by atoms with E-state index in [9.17, 15) is 4.79 Å². The van der Waals surface area contributed by atoms with Crippen LogP contribution in [0.3, 0.4) is 0 Å². The Morgan fingerprint density at radius 2 is 2.37 bits per heavy atom. The summed E-state index contributed by atoms with van der Waals surface area (Å²) in [5.41, 5.74) is 0. The average Bonchev–Trinajstić information content (AvgIpc) is 2.99. The topological polar surface area (TPSA) is 20.3 Å². The fourth-order valence-corrected chi connectivity index (χ4v) is 5.39. The largest absolute Gasteiger partial charge is 0.338 e. The molecule has 1 unspecified atom stereocenters. The van der Waals surface area contributed by atoms with E-state index < -0.39 is 0 Å². The van der Waals surface area contributed by atoms with Crippen LogP contribution in [0.4, 0.5) is 0 Å². The molecule has 0 saturated carbocycles. The maximum absolute atomic E-state index is 12.5. The van der Waals surface area contributed by atoms with Gasteiger partial charge in [0.05, 0.1) is 4.88 Å². The number of likely N-dealkylation sites (tertiary alicyclic amines) is 1. The first-order valence-corrected chi connectivity index (χ1v) is 9.42. The van der Waals surface area contributed by atoms with Crippen LogP contribution < -0.4 is 0 Å². The Balaban J connectivity index is 1.74. The zero-order valence-corrected chi connectivity index (χ0v) is 13.8. The molecule has 1 atom stereocenters. The minimum absolute atomic E-state index is 0.229. The molecule has 0 bridgehead atoms. The molecule has 1 aliphatic rings. The molecule has 2 aromatic rings. The third-order valence-corrected chi connectivity index (χ3v) is 6.21. The van der Waals surface area contributed by atoms with Gasteiger partial charge in [-0.05, 0) is 42.7 Å². The zero-order chi connectivity index (χ0) is 13.2. The number of fused-ring (bicyclic) bond motifs is 1. The molecule has 1 fully saturated rings. The van der Waals surface area contributed by atoms with Crippen molar-refractivity contribution in [2.45, 2.75) is 19.3 Å². The number of alkyl halides is 1. The fraction of sp³-hybridized carbons (Fsp3) is 0.500. The molecule has 0 aliphatic carbocycles. The van der Waals surface area contributed by atoms with E-state index in [2.05, 4.69) is 33.4 Å². The molecule has 2 aromatic heterocycles. The van der Waals surface area contributed by atoms with Gasteiger partial charge < -0.3 is 4.90 Å². The molecule has 0 radical (unpaired) electrons. The summed E-state index contributed by atoms with van der Waals surface area (Å²) >= 11 is 6.85. The fourth-order valence-electron chi connectivity index (χ4n) is 2.67. The van der Waals surface area contributed by atoms with Gasteiger partial charge in [-0.25, -0.2) is 0 Å². The van der Waals surface area contributed by atoms with Crippen molar-refractivity contribution >= 4 is 53.9 Å². The monoisotopic (exact) mass is 357 g/mol. The Morgan fingerprint density at radius 1 is 1.47 bits per heavy atom. The second-order valence-corrected chi connectivity index (χ2v) is 7.82. The Morgan fingerprint density at radius 3 is 3.16 bits per heavy atom. The highest BCUT2D eigenvalue weighted by molar-refractivity contribution is 9.09. The molecule has 1 aliphatic heterocycles. The number of piperidine rings is 1. The summed E-state index contributed by atoms with van der Waals surface area (Å²) in [6.45, 7) is 1.85. The first-order valence-electron chi connectivity index (χ1n) is 6.60. The number of carbonyl (C=O) groups is 1. The van der Waals surface area contributed by atoms with Crippen LogP contribution in [0.15, 0.2) is 17.5 Å². The van der Waals surface area contributed by atoms with Crippen LogP contribution >= 0.6 is 38.6 Å².